The van der Waals surface area contributed by atoms with Crippen LogP contribution in [0.4, 0.5) is 8.78 Å². The Morgan fingerprint density at radius 3 is 2.22 bits per heavy atom. The zero-order chi connectivity index (χ0) is 13.0. The minimum atomic E-state index is -2.34. The molecular weight excluding hydrogens is 246 g/mol. The van der Waals surface area contributed by atoms with Gasteiger partial charge in [0.1, 0.15) is 0 Å². The standard InChI is InChI=1S/C15H22F2Si/c1-18-10-11-2-4-12(5-3-11)13-6-8-14(9-7-13)15(16)17/h6-9,11-12,15H,2-5,10,18H2,1H3. The first-order valence-corrected chi connectivity index (χ1v) is 9.50. The van der Waals surface area contributed by atoms with Crippen molar-refractivity contribution < 1.29 is 8.78 Å². The van der Waals surface area contributed by atoms with Gasteiger partial charge in [0.05, 0.1) is 0 Å². The largest absolute Gasteiger partial charge is 0.263 e. The average Bonchev–Trinajstić information content (AvgIpc) is 2.40. The quantitative estimate of drug-likeness (QED) is 0.704. The molecule has 1 aromatic carbocycles. The van der Waals surface area contributed by atoms with E-state index in [4.69, 9.17) is 0 Å². The topological polar surface area (TPSA) is 0 Å². The van der Waals surface area contributed by atoms with Crippen LogP contribution in [0.15, 0.2) is 24.3 Å². The summed E-state index contributed by atoms with van der Waals surface area (Å²) in [6.07, 6.45) is 2.81. The fourth-order valence-electron chi connectivity index (χ4n) is 3.11. The number of alkyl halides is 2. The van der Waals surface area contributed by atoms with E-state index in [1.54, 1.807) is 12.1 Å². The lowest BCUT2D eigenvalue weighted by Gasteiger charge is -2.28. The van der Waals surface area contributed by atoms with E-state index in [2.05, 4.69) is 6.55 Å². The van der Waals surface area contributed by atoms with Crippen LogP contribution in [0.2, 0.25) is 12.6 Å². The van der Waals surface area contributed by atoms with Crippen molar-refractivity contribution >= 4 is 9.52 Å². The van der Waals surface area contributed by atoms with Crippen molar-refractivity contribution in [1.29, 1.82) is 0 Å². The molecule has 0 saturated heterocycles. The molecule has 1 fully saturated rings. The third kappa shape index (κ3) is 3.41. The molecule has 0 N–H and O–H groups in total. The first kappa shape index (κ1) is 13.7. The van der Waals surface area contributed by atoms with E-state index < -0.39 is 6.43 Å². The van der Waals surface area contributed by atoms with Crippen molar-refractivity contribution in [2.75, 3.05) is 0 Å². The minimum Gasteiger partial charge on any atom is -0.205 e. The summed E-state index contributed by atoms with van der Waals surface area (Å²) in [5.41, 5.74) is 1.40. The molecule has 1 saturated carbocycles. The Bertz CT molecular complexity index is 353. The van der Waals surface area contributed by atoms with Crippen molar-refractivity contribution in [2.45, 2.75) is 50.6 Å². The van der Waals surface area contributed by atoms with Crippen LogP contribution in [-0.2, 0) is 0 Å². The Morgan fingerprint density at radius 2 is 1.72 bits per heavy atom. The first-order chi connectivity index (χ1) is 8.70. The van der Waals surface area contributed by atoms with Gasteiger partial charge in [-0.3, -0.25) is 0 Å². The maximum absolute atomic E-state index is 12.5. The van der Waals surface area contributed by atoms with E-state index in [0.717, 1.165) is 5.92 Å². The highest BCUT2D eigenvalue weighted by Crippen LogP contribution is 2.37. The monoisotopic (exact) mass is 268 g/mol. The van der Waals surface area contributed by atoms with Gasteiger partial charge in [0, 0.05) is 15.1 Å². The molecule has 0 unspecified atom stereocenters. The molecule has 0 nitrogen and oxygen atoms in total. The normalized spacial score (nSPS) is 25.1. The molecule has 18 heavy (non-hydrogen) atoms. The van der Waals surface area contributed by atoms with Crippen LogP contribution in [0.1, 0.15) is 49.2 Å². The van der Waals surface area contributed by atoms with Crippen molar-refractivity contribution in [3.63, 3.8) is 0 Å². The number of benzene rings is 1. The van der Waals surface area contributed by atoms with Gasteiger partial charge in [-0.15, -0.1) is 0 Å². The molecule has 1 aromatic rings. The summed E-state index contributed by atoms with van der Waals surface area (Å²) in [5.74, 6) is 1.56. The van der Waals surface area contributed by atoms with Gasteiger partial charge < -0.3 is 0 Å². The van der Waals surface area contributed by atoms with Crippen molar-refractivity contribution in [1.82, 2.24) is 0 Å². The molecule has 0 radical (unpaired) electrons. The van der Waals surface area contributed by atoms with Gasteiger partial charge >= 0.3 is 0 Å². The molecule has 100 valence electrons. The Kier molecular flexibility index (Phi) is 4.92. The number of hydrogen-bond acceptors (Lipinski definition) is 0. The van der Waals surface area contributed by atoms with E-state index in [0.29, 0.717) is 5.92 Å². The smallest absolute Gasteiger partial charge is 0.205 e. The van der Waals surface area contributed by atoms with Gasteiger partial charge in [0.2, 0.25) is 0 Å². The second-order valence-corrected chi connectivity index (χ2v) is 7.05. The summed E-state index contributed by atoms with van der Waals surface area (Å²) in [6, 6.07) is 8.47. The lowest BCUT2D eigenvalue weighted by Crippen LogP contribution is -2.14. The first-order valence-electron chi connectivity index (χ1n) is 7.08. The van der Waals surface area contributed by atoms with Gasteiger partial charge in [-0.2, -0.15) is 0 Å². The van der Waals surface area contributed by atoms with Crippen LogP contribution in [0.5, 0.6) is 0 Å². The lowest BCUT2D eigenvalue weighted by atomic mass is 9.79. The molecule has 0 atom stereocenters. The molecule has 1 aliphatic carbocycles. The molecule has 3 heteroatoms. The third-order valence-corrected chi connectivity index (χ3v) is 5.60. The highest BCUT2D eigenvalue weighted by molar-refractivity contribution is 6.33. The van der Waals surface area contributed by atoms with E-state index in [1.165, 1.54) is 37.3 Å². The van der Waals surface area contributed by atoms with Crippen LogP contribution < -0.4 is 0 Å². The summed E-state index contributed by atoms with van der Waals surface area (Å²) >= 11 is 0. The van der Waals surface area contributed by atoms with E-state index in [1.807, 2.05) is 12.1 Å². The van der Waals surface area contributed by atoms with Crippen LogP contribution in [0, 0.1) is 5.92 Å². The lowest BCUT2D eigenvalue weighted by molar-refractivity contribution is 0.151. The zero-order valence-corrected chi connectivity index (χ0v) is 12.5. The van der Waals surface area contributed by atoms with Crippen molar-refractivity contribution in [3.05, 3.63) is 35.4 Å². The Balaban J connectivity index is 1.93. The van der Waals surface area contributed by atoms with Gasteiger partial charge in [0.25, 0.3) is 6.43 Å². The molecule has 0 amide bonds. The SMILES string of the molecule is C[SiH2]CC1CCC(c2ccc(C(F)F)cc2)CC1. The predicted molar refractivity (Wildman–Crippen MR) is 75.3 cm³/mol. The highest BCUT2D eigenvalue weighted by atomic mass is 28.2. The van der Waals surface area contributed by atoms with Gasteiger partial charge in [-0.1, -0.05) is 49.7 Å². The molecule has 0 bridgehead atoms. The average molecular weight is 268 g/mol. The van der Waals surface area contributed by atoms with Gasteiger partial charge in [-0.05, 0) is 30.2 Å². The summed E-state index contributed by atoms with van der Waals surface area (Å²) in [4.78, 5) is 0. The van der Waals surface area contributed by atoms with Crippen LogP contribution in [0.3, 0.4) is 0 Å². The maximum atomic E-state index is 12.5. The second kappa shape index (κ2) is 6.46. The van der Waals surface area contributed by atoms with E-state index >= 15 is 0 Å². The van der Waals surface area contributed by atoms with Crippen LogP contribution >= 0.6 is 0 Å². The Hall–Kier alpha value is -0.703. The van der Waals surface area contributed by atoms with Gasteiger partial charge in [-0.25, -0.2) is 8.78 Å². The van der Waals surface area contributed by atoms with Gasteiger partial charge in [0.15, 0.2) is 0 Å². The maximum Gasteiger partial charge on any atom is 0.263 e. The fourth-order valence-corrected chi connectivity index (χ4v) is 4.50. The minimum absolute atomic E-state index is 0.143. The third-order valence-electron chi connectivity index (χ3n) is 4.20. The van der Waals surface area contributed by atoms with Crippen LogP contribution in [0.25, 0.3) is 0 Å². The molecule has 2 rings (SSSR count). The van der Waals surface area contributed by atoms with Crippen molar-refractivity contribution in [2.24, 2.45) is 5.92 Å². The summed E-state index contributed by atoms with van der Waals surface area (Å²) < 4.78 is 25.0. The number of hydrogen-bond donors (Lipinski definition) is 0. The summed E-state index contributed by atoms with van der Waals surface area (Å²) in [6.45, 7) is 2.38. The number of rotatable bonds is 4. The summed E-state index contributed by atoms with van der Waals surface area (Å²) in [7, 11) is 0.192. The molecule has 0 aliphatic heterocycles. The fraction of sp³-hybridized carbons (Fsp3) is 0.600. The Morgan fingerprint density at radius 1 is 1.11 bits per heavy atom. The van der Waals surface area contributed by atoms with Crippen LogP contribution in [-0.4, -0.2) is 9.52 Å². The molecule has 0 aromatic heterocycles. The zero-order valence-electron chi connectivity index (χ0n) is 11.0. The van der Waals surface area contributed by atoms with E-state index in [-0.39, 0.29) is 15.1 Å². The summed E-state index contributed by atoms with van der Waals surface area (Å²) in [5, 5.41) is 0. The Labute approximate surface area is 111 Å². The molecular formula is C15H22F2Si. The second-order valence-electron chi connectivity index (χ2n) is 5.47. The predicted octanol–water partition coefficient (Wildman–Crippen LogP) is 4.53. The van der Waals surface area contributed by atoms with E-state index in [9.17, 15) is 8.78 Å². The molecule has 0 heterocycles. The molecule has 0 spiro atoms. The number of halogens is 2. The molecule has 1 aliphatic rings. The van der Waals surface area contributed by atoms with Crippen molar-refractivity contribution in [3.8, 4) is 0 Å². The highest BCUT2D eigenvalue weighted by Gasteiger charge is 2.21.